The number of hydrogen-bond acceptors (Lipinski definition) is 2. The lowest BCUT2D eigenvalue weighted by Gasteiger charge is -2.02. The van der Waals surface area contributed by atoms with Crippen LogP contribution in [0.3, 0.4) is 0 Å². The molecular formula is C14H12BrN3. The molecule has 0 amide bonds. The Morgan fingerprint density at radius 3 is 2.56 bits per heavy atom. The number of hydrogen-bond donors (Lipinski definition) is 1. The summed E-state index contributed by atoms with van der Waals surface area (Å²) in [5.41, 5.74) is 9.89. The van der Waals surface area contributed by atoms with Gasteiger partial charge in [-0.3, -0.25) is 4.40 Å². The first-order valence-corrected chi connectivity index (χ1v) is 6.44. The van der Waals surface area contributed by atoms with Crippen LogP contribution in [0, 0.1) is 6.92 Å². The van der Waals surface area contributed by atoms with Gasteiger partial charge in [-0.15, -0.1) is 0 Å². The summed E-state index contributed by atoms with van der Waals surface area (Å²) < 4.78 is 2.84. The highest BCUT2D eigenvalue weighted by Gasteiger charge is 2.10. The minimum atomic E-state index is 0.723. The fourth-order valence-corrected chi connectivity index (χ4v) is 2.46. The lowest BCUT2D eigenvalue weighted by Crippen LogP contribution is -1.92. The van der Waals surface area contributed by atoms with Crippen molar-refractivity contribution in [3.05, 3.63) is 52.8 Å². The molecule has 0 unspecified atom stereocenters. The average Bonchev–Trinajstić information content (AvgIpc) is 2.67. The zero-order chi connectivity index (χ0) is 12.7. The van der Waals surface area contributed by atoms with Gasteiger partial charge in [-0.2, -0.15) is 0 Å². The second kappa shape index (κ2) is 4.14. The maximum atomic E-state index is 5.84. The first-order chi connectivity index (χ1) is 8.65. The van der Waals surface area contributed by atoms with E-state index in [1.807, 2.05) is 22.7 Å². The third kappa shape index (κ3) is 1.78. The van der Waals surface area contributed by atoms with Gasteiger partial charge < -0.3 is 5.73 Å². The Labute approximate surface area is 113 Å². The number of halogens is 1. The van der Waals surface area contributed by atoms with E-state index in [-0.39, 0.29) is 0 Å². The van der Waals surface area contributed by atoms with E-state index in [2.05, 4.69) is 52.1 Å². The summed E-state index contributed by atoms with van der Waals surface area (Å²) in [4.78, 5) is 4.55. The van der Waals surface area contributed by atoms with Gasteiger partial charge in [0.2, 0.25) is 0 Å². The van der Waals surface area contributed by atoms with Crippen LogP contribution in [0.1, 0.15) is 5.56 Å². The number of nitrogens with two attached hydrogens (primary N) is 1. The van der Waals surface area contributed by atoms with E-state index in [1.54, 1.807) is 0 Å². The van der Waals surface area contributed by atoms with E-state index < -0.39 is 0 Å². The van der Waals surface area contributed by atoms with E-state index in [0.717, 1.165) is 27.2 Å². The summed E-state index contributed by atoms with van der Waals surface area (Å²) in [5, 5.41) is 0. The van der Waals surface area contributed by atoms with E-state index in [0.29, 0.717) is 0 Å². The highest BCUT2D eigenvalue weighted by molar-refractivity contribution is 9.10. The monoisotopic (exact) mass is 301 g/mol. The molecule has 1 aromatic carbocycles. The fourth-order valence-electron chi connectivity index (χ4n) is 1.97. The van der Waals surface area contributed by atoms with Crippen molar-refractivity contribution in [2.75, 3.05) is 5.73 Å². The smallest absolute Gasteiger partial charge is 0.145 e. The Kier molecular flexibility index (Phi) is 2.59. The van der Waals surface area contributed by atoms with Crippen LogP contribution in [0.15, 0.2) is 47.2 Å². The van der Waals surface area contributed by atoms with Crippen molar-refractivity contribution in [3.8, 4) is 11.4 Å². The minimum absolute atomic E-state index is 0.723. The fraction of sp³-hybridized carbons (Fsp3) is 0.0714. The van der Waals surface area contributed by atoms with Crippen LogP contribution >= 0.6 is 15.9 Å². The molecule has 0 saturated heterocycles. The van der Waals surface area contributed by atoms with E-state index in [9.17, 15) is 0 Å². The number of nitrogens with zero attached hydrogens (tertiary/aromatic N) is 2. The summed E-state index contributed by atoms with van der Waals surface area (Å²) in [6.07, 6.45) is 1.89. The van der Waals surface area contributed by atoms with Gasteiger partial charge in [0.25, 0.3) is 0 Å². The molecule has 0 saturated carbocycles. The predicted octanol–water partition coefficient (Wildman–Crippen LogP) is 3.65. The second-order valence-corrected chi connectivity index (χ2v) is 5.06. The van der Waals surface area contributed by atoms with Crippen molar-refractivity contribution in [3.63, 3.8) is 0 Å². The van der Waals surface area contributed by atoms with E-state index >= 15 is 0 Å². The molecule has 0 aliphatic heterocycles. The topological polar surface area (TPSA) is 43.3 Å². The molecule has 3 aromatic rings. The molecule has 0 spiro atoms. The third-order valence-corrected chi connectivity index (χ3v) is 3.51. The second-order valence-electron chi connectivity index (χ2n) is 4.31. The Bertz CT molecular complexity index is 714. The molecule has 90 valence electrons. The van der Waals surface area contributed by atoms with Crippen molar-refractivity contribution < 1.29 is 0 Å². The molecule has 2 aromatic heterocycles. The number of aryl methyl sites for hydroxylation is 1. The Morgan fingerprint density at radius 1 is 1.11 bits per heavy atom. The Morgan fingerprint density at radius 2 is 1.83 bits per heavy atom. The normalized spacial score (nSPS) is 11.0. The SMILES string of the molecule is Cc1ccc(-c2nc(Br)c3ccc(N)cn23)cc1. The molecule has 2 heterocycles. The van der Waals surface area contributed by atoms with E-state index in [4.69, 9.17) is 5.73 Å². The molecule has 0 aliphatic carbocycles. The van der Waals surface area contributed by atoms with Gasteiger partial charge in [0.15, 0.2) is 0 Å². The number of aromatic nitrogens is 2. The zero-order valence-corrected chi connectivity index (χ0v) is 11.5. The first kappa shape index (κ1) is 11.3. The van der Waals surface area contributed by atoms with Crippen LogP contribution in [0.2, 0.25) is 0 Å². The van der Waals surface area contributed by atoms with Crippen LogP contribution < -0.4 is 5.73 Å². The number of pyridine rings is 1. The number of fused-ring (bicyclic) bond motifs is 1. The molecule has 2 N–H and O–H groups in total. The van der Waals surface area contributed by atoms with Crippen molar-refractivity contribution in [2.24, 2.45) is 0 Å². The lowest BCUT2D eigenvalue weighted by atomic mass is 10.1. The van der Waals surface area contributed by atoms with Crippen LogP contribution in [0.4, 0.5) is 5.69 Å². The zero-order valence-electron chi connectivity index (χ0n) is 9.89. The lowest BCUT2D eigenvalue weighted by molar-refractivity contribution is 1.16. The molecule has 0 bridgehead atoms. The summed E-state index contributed by atoms with van der Waals surface area (Å²) >= 11 is 3.48. The van der Waals surface area contributed by atoms with Crippen molar-refractivity contribution in [1.29, 1.82) is 0 Å². The summed E-state index contributed by atoms with van der Waals surface area (Å²) in [6.45, 7) is 2.07. The highest BCUT2D eigenvalue weighted by Crippen LogP contribution is 2.27. The van der Waals surface area contributed by atoms with Gasteiger partial charge in [-0.25, -0.2) is 4.98 Å². The van der Waals surface area contributed by atoms with Crippen LogP contribution in [0.25, 0.3) is 16.9 Å². The predicted molar refractivity (Wildman–Crippen MR) is 77.5 cm³/mol. The molecule has 0 radical (unpaired) electrons. The molecule has 4 heteroatoms. The Balaban J connectivity index is 2.28. The molecular weight excluding hydrogens is 290 g/mol. The standard InChI is InChI=1S/C14H12BrN3/c1-9-2-4-10(5-3-9)14-17-13(15)12-7-6-11(16)8-18(12)14/h2-8H,16H2,1H3. The highest BCUT2D eigenvalue weighted by atomic mass is 79.9. The quantitative estimate of drug-likeness (QED) is 0.745. The molecule has 3 nitrogen and oxygen atoms in total. The number of imidazole rings is 1. The van der Waals surface area contributed by atoms with Gasteiger partial charge in [-0.1, -0.05) is 29.8 Å². The molecule has 0 fully saturated rings. The number of nitrogen functional groups attached to an aromatic ring is 1. The largest absolute Gasteiger partial charge is 0.398 e. The molecule has 0 atom stereocenters. The molecule has 3 rings (SSSR count). The first-order valence-electron chi connectivity index (χ1n) is 5.65. The molecule has 0 aliphatic rings. The van der Waals surface area contributed by atoms with E-state index in [1.165, 1.54) is 5.56 Å². The van der Waals surface area contributed by atoms with Gasteiger partial charge in [0.05, 0.1) is 5.52 Å². The number of anilines is 1. The van der Waals surface area contributed by atoms with Crippen LogP contribution in [0.5, 0.6) is 0 Å². The maximum absolute atomic E-state index is 5.84. The maximum Gasteiger partial charge on any atom is 0.145 e. The summed E-state index contributed by atoms with van der Waals surface area (Å²) in [7, 11) is 0. The summed E-state index contributed by atoms with van der Waals surface area (Å²) in [6, 6.07) is 12.1. The van der Waals surface area contributed by atoms with Crippen molar-refractivity contribution in [2.45, 2.75) is 6.92 Å². The number of benzene rings is 1. The van der Waals surface area contributed by atoms with Crippen molar-refractivity contribution in [1.82, 2.24) is 9.38 Å². The van der Waals surface area contributed by atoms with Gasteiger partial charge >= 0.3 is 0 Å². The summed E-state index contributed by atoms with van der Waals surface area (Å²) in [5.74, 6) is 0.893. The number of rotatable bonds is 1. The van der Waals surface area contributed by atoms with Crippen LogP contribution in [-0.4, -0.2) is 9.38 Å². The van der Waals surface area contributed by atoms with Crippen LogP contribution in [-0.2, 0) is 0 Å². The Hall–Kier alpha value is -1.81. The average molecular weight is 302 g/mol. The van der Waals surface area contributed by atoms with Crippen molar-refractivity contribution >= 4 is 27.1 Å². The third-order valence-electron chi connectivity index (χ3n) is 2.92. The van der Waals surface area contributed by atoms with Gasteiger partial charge in [-0.05, 0) is 35.0 Å². The van der Waals surface area contributed by atoms with Gasteiger partial charge in [0, 0.05) is 17.4 Å². The van der Waals surface area contributed by atoms with Gasteiger partial charge in [0.1, 0.15) is 10.4 Å². The minimum Gasteiger partial charge on any atom is -0.398 e. The molecule has 18 heavy (non-hydrogen) atoms.